The lowest BCUT2D eigenvalue weighted by atomic mass is 9.93. The number of rotatable bonds is 5. The second kappa shape index (κ2) is 8.33. The van der Waals surface area contributed by atoms with Crippen LogP contribution in [0.25, 0.3) is 32.6 Å². The van der Waals surface area contributed by atoms with Crippen molar-refractivity contribution in [2.75, 3.05) is 7.11 Å². The molecule has 5 rings (SSSR count). The van der Waals surface area contributed by atoms with Crippen LogP contribution in [0.15, 0.2) is 58.5 Å². The van der Waals surface area contributed by atoms with E-state index in [2.05, 4.69) is 36.8 Å². The molecule has 7 heteroatoms. The van der Waals surface area contributed by atoms with Crippen LogP contribution < -0.4 is 0 Å². The highest BCUT2D eigenvalue weighted by Gasteiger charge is 2.20. The van der Waals surface area contributed by atoms with Crippen molar-refractivity contribution in [3.63, 3.8) is 0 Å². The average Bonchev–Trinajstić information content (AvgIpc) is 3.51. The van der Waals surface area contributed by atoms with Crippen molar-refractivity contribution in [2.45, 2.75) is 39.2 Å². The van der Waals surface area contributed by atoms with Crippen molar-refractivity contribution in [2.24, 2.45) is 0 Å². The fraction of sp³-hybridized carbons (Fsp3) is 0.259. The molecule has 174 valence electrons. The maximum atomic E-state index is 11.9. The third kappa shape index (κ3) is 4.19. The van der Waals surface area contributed by atoms with Gasteiger partial charge in [-0.05, 0) is 47.5 Å². The minimum atomic E-state index is -0.313. The van der Waals surface area contributed by atoms with E-state index in [4.69, 9.17) is 14.1 Å². The highest BCUT2D eigenvalue weighted by atomic mass is 32.1. The van der Waals surface area contributed by atoms with E-state index < -0.39 is 0 Å². The molecule has 0 aliphatic rings. The van der Waals surface area contributed by atoms with E-state index in [-0.39, 0.29) is 23.6 Å². The SMILES string of the molecule is COC(=O)Cc1cn(Cc2ccc3oc(-c4nc(C(C)(C)C)cs4)cc3c2)c2ccc(O)cc12. The molecule has 6 nitrogen and oxygen atoms in total. The van der Waals surface area contributed by atoms with Crippen molar-refractivity contribution in [1.82, 2.24) is 9.55 Å². The summed E-state index contributed by atoms with van der Waals surface area (Å²) in [7, 11) is 1.38. The minimum absolute atomic E-state index is 0.00299. The number of aromatic nitrogens is 2. The Morgan fingerprint density at radius 3 is 2.74 bits per heavy atom. The first-order valence-corrected chi connectivity index (χ1v) is 12.0. The molecule has 0 amide bonds. The fourth-order valence-electron chi connectivity index (χ4n) is 4.08. The van der Waals surface area contributed by atoms with E-state index in [1.807, 2.05) is 30.5 Å². The van der Waals surface area contributed by atoms with Crippen molar-refractivity contribution < 1.29 is 19.1 Å². The Labute approximate surface area is 201 Å². The number of nitrogens with zero attached hydrogens (tertiary/aromatic N) is 2. The van der Waals surface area contributed by atoms with E-state index in [1.165, 1.54) is 7.11 Å². The van der Waals surface area contributed by atoms with Gasteiger partial charge in [0.05, 0.1) is 19.2 Å². The van der Waals surface area contributed by atoms with Gasteiger partial charge in [-0.25, -0.2) is 4.98 Å². The zero-order chi connectivity index (χ0) is 24.0. The van der Waals surface area contributed by atoms with Crippen LogP contribution in [0, 0.1) is 0 Å². The molecule has 5 aromatic rings. The van der Waals surface area contributed by atoms with Crippen LogP contribution in [0.3, 0.4) is 0 Å². The first-order valence-electron chi connectivity index (χ1n) is 11.1. The molecule has 0 atom stereocenters. The number of furan rings is 1. The monoisotopic (exact) mass is 474 g/mol. The normalized spacial score (nSPS) is 12.0. The molecule has 0 saturated heterocycles. The van der Waals surface area contributed by atoms with Gasteiger partial charge in [0.25, 0.3) is 0 Å². The lowest BCUT2D eigenvalue weighted by molar-refractivity contribution is -0.139. The van der Waals surface area contributed by atoms with Crippen LogP contribution in [0.5, 0.6) is 5.75 Å². The summed E-state index contributed by atoms with van der Waals surface area (Å²) in [5.74, 6) is 0.627. The van der Waals surface area contributed by atoms with Gasteiger partial charge in [-0.1, -0.05) is 26.8 Å². The highest BCUT2D eigenvalue weighted by molar-refractivity contribution is 7.13. The van der Waals surface area contributed by atoms with Gasteiger partial charge in [0, 0.05) is 39.8 Å². The number of phenolic OH excluding ortho intramolecular Hbond substituents is 1. The molecule has 0 unspecified atom stereocenters. The summed E-state index contributed by atoms with van der Waals surface area (Å²) < 4.78 is 13.0. The zero-order valence-corrected chi connectivity index (χ0v) is 20.4. The Morgan fingerprint density at radius 1 is 1.18 bits per heavy atom. The number of hydrogen-bond acceptors (Lipinski definition) is 6. The second-order valence-corrected chi connectivity index (χ2v) is 10.4. The van der Waals surface area contributed by atoms with E-state index in [1.54, 1.807) is 23.5 Å². The number of carbonyl (C=O) groups excluding carboxylic acids is 1. The summed E-state index contributed by atoms with van der Waals surface area (Å²) >= 11 is 1.60. The molecule has 0 bridgehead atoms. The van der Waals surface area contributed by atoms with Gasteiger partial charge in [0.2, 0.25) is 0 Å². The van der Waals surface area contributed by atoms with E-state index in [0.717, 1.165) is 49.5 Å². The molecule has 3 aromatic heterocycles. The maximum absolute atomic E-state index is 11.9. The number of benzene rings is 2. The molecule has 2 aromatic carbocycles. The van der Waals surface area contributed by atoms with Gasteiger partial charge in [-0.3, -0.25) is 4.79 Å². The van der Waals surface area contributed by atoms with Crippen molar-refractivity contribution >= 4 is 39.2 Å². The summed E-state index contributed by atoms with van der Waals surface area (Å²) in [4.78, 5) is 16.7. The number of methoxy groups -OCH3 is 1. The molecule has 0 saturated carbocycles. The number of esters is 1. The predicted octanol–water partition coefficient (Wildman–Crippen LogP) is 6.28. The Morgan fingerprint density at radius 2 is 2.00 bits per heavy atom. The van der Waals surface area contributed by atoms with Gasteiger partial charge >= 0.3 is 5.97 Å². The number of aromatic hydroxyl groups is 1. The van der Waals surface area contributed by atoms with Gasteiger partial charge in [0.1, 0.15) is 11.3 Å². The second-order valence-electron chi connectivity index (χ2n) is 9.51. The first-order chi connectivity index (χ1) is 16.2. The van der Waals surface area contributed by atoms with Crippen molar-refractivity contribution in [1.29, 1.82) is 0 Å². The molecular weight excluding hydrogens is 448 g/mol. The summed E-state index contributed by atoms with van der Waals surface area (Å²) in [5.41, 5.74) is 4.74. The first kappa shape index (κ1) is 22.2. The molecule has 0 aliphatic heterocycles. The van der Waals surface area contributed by atoms with Gasteiger partial charge in [0.15, 0.2) is 10.8 Å². The Hall–Kier alpha value is -3.58. The molecule has 0 radical (unpaired) electrons. The van der Waals surface area contributed by atoms with E-state index in [9.17, 15) is 9.90 Å². The van der Waals surface area contributed by atoms with Crippen LogP contribution in [0.1, 0.15) is 37.6 Å². The lowest BCUT2D eigenvalue weighted by Gasteiger charge is -2.13. The van der Waals surface area contributed by atoms with Gasteiger partial charge in [-0.15, -0.1) is 11.3 Å². The van der Waals surface area contributed by atoms with Crippen LogP contribution >= 0.6 is 11.3 Å². The Balaban J connectivity index is 1.47. The number of thiazole rings is 1. The molecule has 0 spiro atoms. The Kier molecular flexibility index (Phi) is 5.44. The number of fused-ring (bicyclic) bond motifs is 2. The molecular formula is C27H26N2O4S. The minimum Gasteiger partial charge on any atom is -0.508 e. The molecule has 34 heavy (non-hydrogen) atoms. The summed E-state index contributed by atoms with van der Waals surface area (Å²) in [6, 6.07) is 13.4. The Bertz CT molecular complexity index is 1520. The number of ether oxygens (including phenoxy) is 1. The van der Waals surface area contributed by atoms with Crippen LogP contribution in [-0.4, -0.2) is 27.7 Å². The summed E-state index contributed by atoms with van der Waals surface area (Å²) in [6.45, 7) is 7.07. The maximum Gasteiger partial charge on any atom is 0.310 e. The molecule has 0 aliphatic carbocycles. The highest BCUT2D eigenvalue weighted by Crippen LogP contribution is 2.34. The largest absolute Gasteiger partial charge is 0.508 e. The van der Waals surface area contributed by atoms with Crippen LogP contribution in [0.2, 0.25) is 0 Å². The third-order valence-electron chi connectivity index (χ3n) is 5.93. The zero-order valence-electron chi connectivity index (χ0n) is 19.6. The fourth-order valence-corrected chi connectivity index (χ4v) is 5.08. The third-order valence-corrected chi connectivity index (χ3v) is 6.78. The molecule has 0 fully saturated rings. The van der Waals surface area contributed by atoms with E-state index >= 15 is 0 Å². The van der Waals surface area contributed by atoms with Crippen molar-refractivity contribution in [3.8, 4) is 16.5 Å². The van der Waals surface area contributed by atoms with Gasteiger partial charge < -0.3 is 18.8 Å². The average molecular weight is 475 g/mol. The number of hydrogen-bond donors (Lipinski definition) is 1. The van der Waals surface area contributed by atoms with Crippen LogP contribution in [0.4, 0.5) is 0 Å². The summed E-state index contributed by atoms with van der Waals surface area (Å²) in [6.07, 6.45) is 2.10. The van der Waals surface area contributed by atoms with Gasteiger partial charge in [-0.2, -0.15) is 0 Å². The summed E-state index contributed by atoms with van der Waals surface area (Å²) in [5, 5.41) is 14.8. The van der Waals surface area contributed by atoms with E-state index in [0.29, 0.717) is 6.54 Å². The lowest BCUT2D eigenvalue weighted by Crippen LogP contribution is -2.11. The predicted molar refractivity (Wildman–Crippen MR) is 134 cm³/mol. The molecule has 3 heterocycles. The molecule has 1 N–H and O–H groups in total. The van der Waals surface area contributed by atoms with Crippen molar-refractivity contribution in [3.05, 3.63) is 70.9 Å². The standard InChI is InChI=1S/C27H26N2O4S/c1-27(2,3)24-15-34-26(28-24)23-10-17-9-16(5-8-22(17)33-23)13-29-14-18(11-25(31)32-4)20-12-19(30)6-7-21(20)29/h5-10,12,14-15,30H,11,13H2,1-4H3. The quantitative estimate of drug-likeness (QED) is 0.303. The number of carbonyl (C=O) groups is 1. The van der Waals surface area contributed by atoms with Crippen LogP contribution in [-0.2, 0) is 27.9 Å². The number of phenols is 1. The topological polar surface area (TPSA) is 77.5 Å². The smallest absolute Gasteiger partial charge is 0.310 e.